The first-order valence-electron chi connectivity index (χ1n) is 4.82. The second kappa shape index (κ2) is 4.10. The average Bonchev–Trinajstić information content (AvgIpc) is 2.68. The molecular weight excluding hydrogens is 220 g/mol. The van der Waals surface area contributed by atoms with Crippen molar-refractivity contribution in [3.8, 4) is 6.07 Å². The molecule has 0 bridgehead atoms. The fourth-order valence-electron chi connectivity index (χ4n) is 1.65. The molecule has 5 nitrogen and oxygen atoms in total. The van der Waals surface area contributed by atoms with Gasteiger partial charge in [-0.3, -0.25) is 4.79 Å². The summed E-state index contributed by atoms with van der Waals surface area (Å²) in [6.07, 6.45) is 0. The lowest BCUT2D eigenvalue weighted by Gasteiger charge is -2.02. The molecule has 0 saturated carbocycles. The maximum absolute atomic E-state index is 11.6. The van der Waals surface area contributed by atoms with Gasteiger partial charge < -0.3 is 10.1 Å². The topological polar surface area (TPSA) is 79.2 Å². The largest absolute Gasteiger partial charge is 0.465 e. The van der Waals surface area contributed by atoms with Crippen LogP contribution in [0.2, 0.25) is 0 Å². The van der Waals surface area contributed by atoms with Gasteiger partial charge in [-0.05, 0) is 6.07 Å². The summed E-state index contributed by atoms with van der Waals surface area (Å²) >= 11 is 0. The number of ether oxygens (including phenoxy) is 1. The highest BCUT2D eigenvalue weighted by Gasteiger charge is 2.28. The molecule has 0 radical (unpaired) electrons. The first-order valence-corrected chi connectivity index (χ1v) is 4.82. The quantitative estimate of drug-likeness (QED) is 0.439. The highest BCUT2D eigenvalue weighted by molar-refractivity contribution is 6.14. The summed E-state index contributed by atoms with van der Waals surface area (Å²) in [6.45, 7) is 0. The van der Waals surface area contributed by atoms with Crippen LogP contribution in [0.3, 0.4) is 0 Å². The number of fused-ring (bicyclic) bond motifs is 1. The summed E-state index contributed by atoms with van der Waals surface area (Å²) in [6, 6.07) is 8.49. The Morgan fingerprint density at radius 2 is 2.00 bits per heavy atom. The van der Waals surface area contributed by atoms with Crippen molar-refractivity contribution in [2.45, 2.75) is 0 Å². The van der Waals surface area contributed by atoms with Crippen molar-refractivity contribution in [3.63, 3.8) is 0 Å². The second-order valence-electron chi connectivity index (χ2n) is 3.35. The zero-order valence-electron chi connectivity index (χ0n) is 8.98. The van der Waals surface area contributed by atoms with Crippen LogP contribution in [0.15, 0.2) is 29.8 Å². The van der Waals surface area contributed by atoms with Crippen LogP contribution in [0, 0.1) is 11.3 Å². The van der Waals surface area contributed by atoms with Gasteiger partial charge in [-0.1, -0.05) is 18.2 Å². The molecule has 1 N–H and O–H groups in total. The fourth-order valence-corrected chi connectivity index (χ4v) is 1.65. The minimum Gasteiger partial charge on any atom is -0.465 e. The van der Waals surface area contributed by atoms with E-state index in [1.54, 1.807) is 30.3 Å². The third-order valence-electron chi connectivity index (χ3n) is 2.43. The van der Waals surface area contributed by atoms with Crippen molar-refractivity contribution in [1.82, 2.24) is 5.32 Å². The predicted molar refractivity (Wildman–Crippen MR) is 58.5 cm³/mol. The Balaban J connectivity index is 2.64. The predicted octanol–water partition coefficient (Wildman–Crippen LogP) is 0.838. The molecule has 1 amide bonds. The van der Waals surface area contributed by atoms with E-state index in [1.807, 2.05) is 0 Å². The molecule has 1 heterocycles. The number of carbonyl (C=O) groups is 2. The normalized spacial score (nSPS) is 15.6. The van der Waals surface area contributed by atoms with E-state index in [0.717, 1.165) is 0 Å². The molecule has 17 heavy (non-hydrogen) atoms. The van der Waals surface area contributed by atoms with Gasteiger partial charge in [0.1, 0.15) is 6.07 Å². The van der Waals surface area contributed by atoms with Crippen molar-refractivity contribution in [2.24, 2.45) is 0 Å². The lowest BCUT2D eigenvalue weighted by atomic mass is 10.1. The molecule has 1 aromatic rings. The van der Waals surface area contributed by atoms with Crippen LogP contribution in [-0.4, -0.2) is 19.0 Å². The van der Waals surface area contributed by atoms with Gasteiger partial charge in [0.15, 0.2) is 5.57 Å². The number of esters is 1. The van der Waals surface area contributed by atoms with Crippen molar-refractivity contribution in [2.75, 3.05) is 7.11 Å². The Hall–Kier alpha value is -2.61. The van der Waals surface area contributed by atoms with Gasteiger partial charge in [0.25, 0.3) is 5.91 Å². The molecule has 0 fully saturated rings. The SMILES string of the molecule is COC(=O)/C(C#N)=C1/NC(=O)c2ccccc21. The average molecular weight is 228 g/mol. The Bertz CT molecular complexity index is 582. The molecule has 1 aliphatic heterocycles. The maximum Gasteiger partial charge on any atom is 0.350 e. The number of rotatable bonds is 1. The summed E-state index contributed by atoms with van der Waals surface area (Å²) in [7, 11) is 1.18. The summed E-state index contributed by atoms with van der Waals surface area (Å²) < 4.78 is 4.50. The van der Waals surface area contributed by atoms with Crippen LogP contribution in [0.25, 0.3) is 5.70 Å². The second-order valence-corrected chi connectivity index (χ2v) is 3.35. The molecule has 0 atom stereocenters. The Labute approximate surface area is 97.3 Å². The highest BCUT2D eigenvalue weighted by Crippen LogP contribution is 2.26. The van der Waals surface area contributed by atoms with Crippen LogP contribution in [0.1, 0.15) is 15.9 Å². The molecule has 0 saturated heterocycles. The summed E-state index contributed by atoms with van der Waals surface area (Å²) in [5, 5.41) is 11.4. The fraction of sp³-hybridized carbons (Fsp3) is 0.0833. The number of benzene rings is 1. The van der Waals surface area contributed by atoms with E-state index >= 15 is 0 Å². The zero-order chi connectivity index (χ0) is 12.4. The van der Waals surface area contributed by atoms with E-state index in [1.165, 1.54) is 7.11 Å². The molecule has 1 aliphatic rings. The number of nitrogens with one attached hydrogen (secondary N) is 1. The minimum absolute atomic E-state index is 0.203. The van der Waals surface area contributed by atoms with Gasteiger partial charge in [0.2, 0.25) is 0 Å². The van der Waals surface area contributed by atoms with E-state index in [9.17, 15) is 9.59 Å². The standard InChI is InChI=1S/C12H8N2O3/c1-17-12(16)9(6-13)10-7-4-2-3-5-8(7)11(15)14-10/h2-5H,1H3,(H,14,15)/b10-9+. The number of carbonyl (C=O) groups excluding carboxylic acids is 2. The number of hydrogen-bond acceptors (Lipinski definition) is 4. The van der Waals surface area contributed by atoms with E-state index in [-0.39, 0.29) is 17.2 Å². The summed E-state index contributed by atoms with van der Waals surface area (Å²) in [5.41, 5.74) is 0.990. The lowest BCUT2D eigenvalue weighted by molar-refractivity contribution is -0.135. The molecule has 1 aromatic carbocycles. The molecule has 0 spiro atoms. The third kappa shape index (κ3) is 1.66. The third-order valence-corrected chi connectivity index (χ3v) is 2.43. The minimum atomic E-state index is -0.764. The van der Waals surface area contributed by atoms with Gasteiger partial charge in [-0.15, -0.1) is 0 Å². The van der Waals surface area contributed by atoms with Crippen LogP contribution in [0.4, 0.5) is 0 Å². The van der Waals surface area contributed by atoms with Gasteiger partial charge >= 0.3 is 5.97 Å². The molecule has 0 aromatic heterocycles. The molecule has 2 rings (SSSR count). The van der Waals surface area contributed by atoms with Crippen molar-refractivity contribution < 1.29 is 14.3 Å². The number of nitrogens with zero attached hydrogens (tertiary/aromatic N) is 1. The number of methoxy groups -OCH3 is 1. The van der Waals surface area contributed by atoms with Gasteiger partial charge in [0, 0.05) is 11.1 Å². The summed E-state index contributed by atoms with van der Waals surface area (Å²) in [4.78, 5) is 23.0. The van der Waals surface area contributed by atoms with Gasteiger partial charge in [-0.2, -0.15) is 5.26 Å². The van der Waals surface area contributed by atoms with Gasteiger partial charge in [0.05, 0.1) is 12.8 Å². The monoisotopic (exact) mass is 228 g/mol. The van der Waals surface area contributed by atoms with E-state index in [4.69, 9.17) is 5.26 Å². The van der Waals surface area contributed by atoms with Crippen molar-refractivity contribution >= 4 is 17.6 Å². The molecule has 84 valence electrons. The Morgan fingerprint density at radius 1 is 1.35 bits per heavy atom. The highest BCUT2D eigenvalue weighted by atomic mass is 16.5. The van der Waals surface area contributed by atoms with E-state index < -0.39 is 5.97 Å². The zero-order valence-corrected chi connectivity index (χ0v) is 8.98. The lowest BCUT2D eigenvalue weighted by Crippen LogP contribution is -2.16. The van der Waals surface area contributed by atoms with Crippen LogP contribution >= 0.6 is 0 Å². The van der Waals surface area contributed by atoms with E-state index in [0.29, 0.717) is 11.1 Å². The van der Waals surface area contributed by atoms with Gasteiger partial charge in [-0.25, -0.2) is 4.79 Å². The van der Waals surface area contributed by atoms with Crippen LogP contribution in [0.5, 0.6) is 0 Å². The number of hydrogen-bond donors (Lipinski definition) is 1. The number of nitriles is 1. The molecule has 5 heteroatoms. The van der Waals surface area contributed by atoms with Crippen molar-refractivity contribution in [1.29, 1.82) is 5.26 Å². The summed E-state index contributed by atoms with van der Waals surface area (Å²) in [5.74, 6) is -1.09. The van der Waals surface area contributed by atoms with E-state index in [2.05, 4.69) is 10.1 Å². The smallest absolute Gasteiger partial charge is 0.350 e. The first kappa shape index (κ1) is 10.9. The molecular formula is C12H8N2O3. The maximum atomic E-state index is 11.6. The van der Waals surface area contributed by atoms with Crippen LogP contribution < -0.4 is 5.32 Å². The Morgan fingerprint density at radius 3 is 2.59 bits per heavy atom. The van der Waals surface area contributed by atoms with Crippen molar-refractivity contribution in [3.05, 3.63) is 41.0 Å². The first-order chi connectivity index (χ1) is 8.19. The molecule has 0 unspecified atom stereocenters. The number of amides is 1. The molecule has 0 aliphatic carbocycles. The van der Waals surface area contributed by atoms with Crippen LogP contribution in [-0.2, 0) is 9.53 Å². The Kier molecular flexibility index (Phi) is 2.63.